The van der Waals surface area contributed by atoms with Crippen molar-refractivity contribution in [3.05, 3.63) is 59.5 Å². The lowest BCUT2D eigenvalue weighted by molar-refractivity contribution is -0.143. The number of hydrogen-bond donors (Lipinski definition) is 0. The van der Waals surface area contributed by atoms with Gasteiger partial charge in [-0.05, 0) is 17.2 Å². The van der Waals surface area contributed by atoms with Gasteiger partial charge in [-0.3, -0.25) is 9.78 Å². The van der Waals surface area contributed by atoms with E-state index in [0.717, 1.165) is 11.3 Å². The Morgan fingerprint density at radius 2 is 1.88 bits per heavy atom. The third-order valence-corrected chi connectivity index (χ3v) is 6.41. The highest BCUT2D eigenvalue weighted by Gasteiger charge is 2.27. The van der Waals surface area contributed by atoms with Crippen molar-refractivity contribution in [3.63, 3.8) is 0 Å². The van der Waals surface area contributed by atoms with Gasteiger partial charge in [-0.1, -0.05) is 29.5 Å². The second-order valence-electron chi connectivity index (χ2n) is 9.55. The van der Waals surface area contributed by atoms with E-state index in [1.165, 1.54) is 0 Å². The zero-order valence-corrected chi connectivity index (χ0v) is 21.9. The predicted molar refractivity (Wildman–Crippen MR) is 140 cm³/mol. The number of methoxy groups -OCH3 is 1. The van der Waals surface area contributed by atoms with E-state index < -0.39 is 24.8 Å². The van der Waals surface area contributed by atoms with Crippen LogP contribution in [-0.4, -0.2) is 75.3 Å². The number of alkyl halides is 3. The SMILES string of the molecule is COCc1cn(Cc2cnc3c(N4CCOCC4)nc(-c4ccc(CC(=O)CCC(F)(F)F)cc4)nc3c2)nn1. The summed E-state index contributed by atoms with van der Waals surface area (Å²) in [5.74, 6) is 0.720. The quantitative estimate of drug-likeness (QED) is 0.289. The third-order valence-electron chi connectivity index (χ3n) is 6.41. The molecule has 0 N–H and O–H groups in total. The molecule has 1 saturated heterocycles. The smallest absolute Gasteiger partial charge is 0.378 e. The van der Waals surface area contributed by atoms with Crippen molar-refractivity contribution in [2.45, 2.75) is 38.6 Å². The monoisotopic (exact) mass is 555 g/mol. The van der Waals surface area contributed by atoms with Crippen LogP contribution in [0.4, 0.5) is 19.0 Å². The molecule has 4 heterocycles. The van der Waals surface area contributed by atoms with Crippen LogP contribution in [0, 0.1) is 0 Å². The summed E-state index contributed by atoms with van der Waals surface area (Å²) in [5.41, 5.74) is 4.28. The fraction of sp³-hybridized carbons (Fsp3) is 0.407. The van der Waals surface area contributed by atoms with Gasteiger partial charge in [-0.15, -0.1) is 5.10 Å². The van der Waals surface area contributed by atoms with Crippen LogP contribution in [0.5, 0.6) is 0 Å². The molecule has 210 valence electrons. The number of aromatic nitrogens is 6. The average Bonchev–Trinajstić information content (AvgIpc) is 3.38. The summed E-state index contributed by atoms with van der Waals surface area (Å²) in [5, 5.41) is 8.23. The number of halogens is 3. The highest BCUT2D eigenvalue weighted by Crippen LogP contribution is 2.28. The van der Waals surface area contributed by atoms with Crippen molar-refractivity contribution in [1.82, 2.24) is 29.9 Å². The predicted octanol–water partition coefficient (Wildman–Crippen LogP) is 3.77. The van der Waals surface area contributed by atoms with Gasteiger partial charge in [0.05, 0.1) is 44.5 Å². The maximum Gasteiger partial charge on any atom is 0.389 e. The topological polar surface area (TPSA) is 108 Å². The van der Waals surface area contributed by atoms with Crippen LogP contribution in [-0.2, 0) is 33.8 Å². The van der Waals surface area contributed by atoms with E-state index in [-0.39, 0.29) is 6.42 Å². The van der Waals surface area contributed by atoms with Gasteiger partial charge < -0.3 is 14.4 Å². The minimum atomic E-state index is -4.35. The Hall–Kier alpha value is -3.97. The first-order valence-corrected chi connectivity index (χ1v) is 12.8. The number of pyridine rings is 1. The van der Waals surface area contributed by atoms with Crippen LogP contribution in [0.25, 0.3) is 22.4 Å². The van der Waals surface area contributed by atoms with Gasteiger partial charge in [0, 0.05) is 44.8 Å². The molecule has 0 amide bonds. The molecular weight excluding hydrogens is 527 g/mol. The van der Waals surface area contributed by atoms with Gasteiger partial charge in [0.2, 0.25) is 0 Å². The number of nitrogens with zero attached hydrogens (tertiary/aromatic N) is 7. The average molecular weight is 556 g/mol. The molecule has 13 heteroatoms. The van der Waals surface area contributed by atoms with Gasteiger partial charge in [-0.2, -0.15) is 13.2 Å². The maximum atomic E-state index is 12.4. The molecule has 1 fully saturated rings. The summed E-state index contributed by atoms with van der Waals surface area (Å²) in [4.78, 5) is 28.5. The largest absolute Gasteiger partial charge is 0.389 e. The Labute approximate surface area is 228 Å². The Morgan fingerprint density at radius 3 is 2.60 bits per heavy atom. The van der Waals surface area contributed by atoms with Crippen LogP contribution in [0.1, 0.15) is 29.7 Å². The lowest BCUT2D eigenvalue weighted by Gasteiger charge is -2.28. The zero-order valence-electron chi connectivity index (χ0n) is 21.9. The van der Waals surface area contributed by atoms with E-state index in [4.69, 9.17) is 24.4 Å². The van der Waals surface area contributed by atoms with Crippen molar-refractivity contribution in [1.29, 1.82) is 0 Å². The first kappa shape index (κ1) is 27.6. The summed E-state index contributed by atoms with van der Waals surface area (Å²) < 4.78 is 49.7. The van der Waals surface area contributed by atoms with E-state index in [9.17, 15) is 18.0 Å². The molecule has 40 heavy (non-hydrogen) atoms. The molecule has 1 aromatic carbocycles. The first-order chi connectivity index (χ1) is 19.3. The van der Waals surface area contributed by atoms with Crippen LogP contribution in [0.2, 0.25) is 0 Å². The lowest BCUT2D eigenvalue weighted by atomic mass is 10.0. The summed E-state index contributed by atoms with van der Waals surface area (Å²) in [6, 6.07) is 8.95. The Bertz CT molecular complexity index is 1470. The van der Waals surface area contributed by atoms with Gasteiger partial charge in [-0.25, -0.2) is 14.6 Å². The van der Waals surface area contributed by atoms with Crippen LogP contribution < -0.4 is 4.90 Å². The third kappa shape index (κ3) is 6.96. The number of fused-ring (bicyclic) bond motifs is 1. The zero-order chi connectivity index (χ0) is 28.1. The molecule has 1 aliphatic rings. The number of benzene rings is 1. The Balaban J connectivity index is 1.42. The fourth-order valence-corrected chi connectivity index (χ4v) is 4.44. The van der Waals surface area contributed by atoms with Gasteiger partial charge in [0.25, 0.3) is 0 Å². The molecular formula is C27H28F3N7O3. The van der Waals surface area contributed by atoms with Gasteiger partial charge >= 0.3 is 6.18 Å². The normalized spacial score (nSPS) is 14.2. The molecule has 1 aliphatic heterocycles. The minimum absolute atomic E-state index is 0.0599. The molecule has 0 saturated carbocycles. The second-order valence-corrected chi connectivity index (χ2v) is 9.55. The molecule has 0 atom stereocenters. The molecule has 3 aromatic heterocycles. The number of ketones is 1. The summed E-state index contributed by atoms with van der Waals surface area (Å²) in [7, 11) is 1.60. The number of morpholine rings is 1. The summed E-state index contributed by atoms with van der Waals surface area (Å²) in [6.07, 6.45) is -2.46. The van der Waals surface area contributed by atoms with Crippen molar-refractivity contribution >= 4 is 22.6 Å². The number of anilines is 1. The standard InChI is InChI=1S/C27H28F3N7O3/c1-39-17-21-16-37(35-34-21)15-19-13-23-24(31-14-19)26(36-8-10-40-11-9-36)33-25(32-23)20-4-2-18(3-5-20)12-22(38)6-7-27(28,29)30/h2-5,13-14,16H,6-12,15,17H2,1H3. The lowest BCUT2D eigenvalue weighted by Crippen LogP contribution is -2.37. The maximum absolute atomic E-state index is 12.4. The van der Waals surface area contributed by atoms with Crippen molar-refractivity contribution in [2.24, 2.45) is 0 Å². The van der Waals surface area contributed by atoms with Crippen LogP contribution >= 0.6 is 0 Å². The summed E-state index contributed by atoms with van der Waals surface area (Å²) in [6.45, 7) is 3.29. The van der Waals surface area contributed by atoms with Crippen molar-refractivity contribution in [2.75, 3.05) is 38.3 Å². The van der Waals surface area contributed by atoms with E-state index >= 15 is 0 Å². The molecule has 0 radical (unpaired) electrons. The number of hydrogen-bond acceptors (Lipinski definition) is 9. The molecule has 0 aliphatic carbocycles. The fourth-order valence-electron chi connectivity index (χ4n) is 4.44. The Morgan fingerprint density at radius 1 is 1.10 bits per heavy atom. The van der Waals surface area contributed by atoms with E-state index in [1.807, 2.05) is 12.3 Å². The number of carbonyl (C=O) groups excluding carboxylic acids is 1. The van der Waals surface area contributed by atoms with Crippen molar-refractivity contribution in [3.8, 4) is 11.4 Å². The highest BCUT2D eigenvalue weighted by atomic mass is 19.4. The van der Waals surface area contributed by atoms with E-state index in [0.29, 0.717) is 73.3 Å². The second kappa shape index (κ2) is 12.0. The van der Waals surface area contributed by atoms with E-state index in [1.54, 1.807) is 42.3 Å². The molecule has 0 unspecified atom stereocenters. The van der Waals surface area contributed by atoms with Crippen LogP contribution in [0.3, 0.4) is 0 Å². The number of carbonyl (C=O) groups is 1. The molecule has 4 aromatic rings. The first-order valence-electron chi connectivity index (χ1n) is 12.8. The molecule has 0 spiro atoms. The van der Waals surface area contributed by atoms with Crippen LogP contribution in [0.15, 0.2) is 42.7 Å². The summed E-state index contributed by atoms with van der Waals surface area (Å²) >= 11 is 0. The minimum Gasteiger partial charge on any atom is -0.378 e. The van der Waals surface area contributed by atoms with E-state index in [2.05, 4.69) is 15.2 Å². The van der Waals surface area contributed by atoms with Gasteiger partial charge in [0.15, 0.2) is 11.6 Å². The number of ether oxygens (including phenoxy) is 2. The Kier molecular flexibility index (Phi) is 8.31. The molecule has 5 rings (SSSR count). The van der Waals surface area contributed by atoms with Gasteiger partial charge in [0.1, 0.15) is 17.0 Å². The number of rotatable bonds is 10. The molecule has 10 nitrogen and oxygen atoms in total. The molecule has 0 bridgehead atoms. The highest BCUT2D eigenvalue weighted by molar-refractivity contribution is 5.88. The number of Topliss-reactive ketones (excluding diaryl/α,β-unsaturated/α-hetero) is 1. The van der Waals surface area contributed by atoms with Crippen molar-refractivity contribution < 1.29 is 27.4 Å².